The van der Waals surface area contributed by atoms with E-state index in [1.54, 1.807) is 92.8 Å². The van der Waals surface area contributed by atoms with Crippen LogP contribution in [-0.4, -0.2) is 280 Å². The number of rotatable bonds is 44. The number of carboxylic acids is 5. The number of amides is 17. The van der Waals surface area contributed by atoms with Crippen LogP contribution in [0.15, 0.2) is 91.4 Å². The highest BCUT2D eigenvalue weighted by molar-refractivity contribution is 6.03. The van der Waals surface area contributed by atoms with E-state index >= 15 is 14.4 Å². The fraction of sp³-hybridized carbons (Fsp3) is 0.439. The first-order valence-electron chi connectivity index (χ1n) is 41.1. The predicted octanol–water partition coefficient (Wildman–Crippen LogP) is -6.49. The Morgan fingerprint density at radius 3 is 1.53 bits per heavy atom. The van der Waals surface area contributed by atoms with E-state index in [9.17, 15) is 117 Å². The molecule has 3 aromatic carbocycles. The van der Waals surface area contributed by atoms with Gasteiger partial charge in [-0.1, -0.05) is 68.4 Å². The van der Waals surface area contributed by atoms with Gasteiger partial charge in [-0.25, -0.2) is 0 Å². The van der Waals surface area contributed by atoms with Gasteiger partial charge >= 0.3 is 29.8 Å². The molecule has 8 rings (SSSR count). The van der Waals surface area contributed by atoms with E-state index in [4.69, 9.17) is 17.2 Å². The van der Waals surface area contributed by atoms with Crippen LogP contribution in [0.4, 0.5) is 0 Å². The maximum atomic E-state index is 15.4. The normalized spacial score (nSPS) is 18.1. The molecule has 0 spiro atoms. The summed E-state index contributed by atoms with van der Waals surface area (Å²) in [5.74, 6) is -28.6. The molecule has 698 valence electrons. The first kappa shape index (κ1) is 100.0. The lowest BCUT2D eigenvalue weighted by Gasteiger charge is -2.30. The molecule has 48 nitrogen and oxygen atoms in total. The summed E-state index contributed by atoms with van der Waals surface area (Å²) in [6.45, 7) is 1.89. The minimum absolute atomic E-state index is 0.0568. The Morgan fingerprint density at radius 1 is 0.485 bits per heavy atom. The third kappa shape index (κ3) is 29.1. The van der Waals surface area contributed by atoms with Gasteiger partial charge in [0.25, 0.3) is 0 Å². The number of H-pyrrole nitrogens is 3. The number of aromatic amines is 3. The number of carbonyl (C=O) groups excluding carboxylic acids is 17. The fourth-order valence-electron chi connectivity index (χ4n) is 14.5. The van der Waals surface area contributed by atoms with E-state index in [1.807, 2.05) is 0 Å². The average Bonchev–Trinajstić information content (AvgIpc) is 1.69. The molecule has 0 bridgehead atoms. The van der Waals surface area contributed by atoms with Crippen LogP contribution >= 0.6 is 0 Å². The van der Waals surface area contributed by atoms with Crippen LogP contribution < -0.4 is 91.6 Å². The third-order valence-electron chi connectivity index (χ3n) is 21.3. The number of carboxylic acid groups (broad SMARTS) is 5. The molecule has 5 heterocycles. The number of aromatic nitrogens is 3. The summed E-state index contributed by atoms with van der Waals surface area (Å²) in [6.07, 6.45) is -5.24. The van der Waals surface area contributed by atoms with Gasteiger partial charge in [0.05, 0.1) is 38.3 Å². The van der Waals surface area contributed by atoms with Crippen LogP contribution in [-0.2, 0) is 125 Å². The highest BCUT2D eigenvalue weighted by Crippen LogP contribution is 2.25. The van der Waals surface area contributed by atoms with E-state index in [1.165, 1.54) is 12.4 Å². The fourth-order valence-corrected chi connectivity index (χ4v) is 14.5. The monoisotopic (exact) mass is 1810 g/mol. The van der Waals surface area contributed by atoms with Crippen LogP contribution in [0.3, 0.4) is 0 Å². The number of nitrogens with zero attached hydrogens (tertiary/aromatic N) is 1. The lowest BCUT2D eigenvalue weighted by molar-refractivity contribution is -0.143. The molecule has 2 fully saturated rings. The van der Waals surface area contributed by atoms with E-state index in [0.29, 0.717) is 38.5 Å². The number of primary amides is 2. The summed E-state index contributed by atoms with van der Waals surface area (Å²) in [6, 6.07) is -4.86. The number of hydrogen-bond acceptors (Lipinski definition) is 23. The SMILES string of the molecule is CC(C)[C@H](NC(=O)[C@H](CCC(=O)O)NC(=O)[C@H](C)NC(=O)[C@H](CC(N)=O)NC(=O)CNC(=O)[C@@H]1CCCN1C(=O)[C@H](CCC(=O)O)NC(=O)[C@H](Cc1c[nH]c2ccccc12)NC(=O)[C@@H]1CNC(=O)[C@@H](NC(=O)[C@H](CCC(=O)O)NC(=O)[C@@H](N)CC(=O)O)CC(=O)N[C@@H](CC(=O)O)C(=O)N[C@@H](Cc2c[nH]c3ccccc23)C(=O)N1)C(=O)N[C@@H](Cc1c[nH]c2ccccc12)C(N)=O. The van der Waals surface area contributed by atoms with Crippen LogP contribution in [0, 0.1) is 5.92 Å². The minimum Gasteiger partial charge on any atom is -0.481 e. The zero-order chi connectivity index (χ0) is 95.5. The Hall–Kier alpha value is -15.4. The Labute approximate surface area is 737 Å². The van der Waals surface area contributed by atoms with Gasteiger partial charge in [-0.2, -0.15) is 0 Å². The largest absolute Gasteiger partial charge is 0.481 e. The molecule has 0 aliphatic carbocycles. The Balaban J connectivity index is 0.998. The van der Waals surface area contributed by atoms with Gasteiger partial charge in [0.2, 0.25) is 100 Å². The number of nitrogens with two attached hydrogens (primary N) is 3. The van der Waals surface area contributed by atoms with Crippen molar-refractivity contribution in [2.45, 2.75) is 202 Å². The molecule has 2 saturated heterocycles. The summed E-state index contributed by atoms with van der Waals surface area (Å²) in [5.41, 5.74) is 19.9. The van der Waals surface area contributed by atoms with Crippen molar-refractivity contribution in [3.05, 3.63) is 108 Å². The van der Waals surface area contributed by atoms with Crippen molar-refractivity contribution in [3.8, 4) is 0 Å². The van der Waals surface area contributed by atoms with Gasteiger partial charge in [-0.05, 0) is 79.8 Å². The third-order valence-corrected chi connectivity index (χ3v) is 21.3. The maximum Gasteiger partial charge on any atom is 0.305 e. The molecule has 6 aromatic rings. The number of aliphatic carboxylic acids is 5. The first-order chi connectivity index (χ1) is 61.5. The number of nitrogens with one attached hydrogen (secondary N) is 17. The lowest BCUT2D eigenvalue weighted by Crippen LogP contribution is -2.63. The molecule has 48 heteroatoms. The van der Waals surface area contributed by atoms with Gasteiger partial charge in [-0.3, -0.25) is 105 Å². The van der Waals surface area contributed by atoms with Crippen LogP contribution in [0.25, 0.3) is 32.7 Å². The Morgan fingerprint density at radius 2 is 0.985 bits per heavy atom. The van der Waals surface area contributed by atoms with E-state index < -0.39 is 311 Å². The van der Waals surface area contributed by atoms with Gasteiger partial charge < -0.3 is 137 Å². The van der Waals surface area contributed by atoms with Gasteiger partial charge in [0.15, 0.2) is 0 Å². The molecule has 0 radical (unpaired) electrons. The van der Waals surface area contributed by atoms with E-state index in [-0.39, 0.29) is 25.8 Å². The molecule has 130 heavy (non-hydrogen) atoms. The number of para-hydroxylation sites is 3. The van der Waals surface area contributed by atoms with Gasteiger partial charge in [0.1, 0.15) is 78.5 Å². The minimum atomic E-state index is -2.19. The summed E-state index contributed by atoms with van der Waals surface area (Å²) >= 11 is 0. The molecular formula is C82H103N21O27. The van der Waals surface area contributed by atoms with Gasteiger partial charge in [-0.15, -0.1) is 0 Å². The van der Waals surface area contributed by atoms with Crippen molar-refractivity contribution in [2.75, 3.05) is 19.6 Å². The van der Waals surface area contributed by atoms with Crippen molar-refractivity contribution < 1.29 is 131 Å². The number of benzene rings is 3. The van der Waals surface area contributed by atoms with Crippen LogP contribution in [0.2, 0.25) is 0 Å². The van der Waals surface area contributed by atoms with Crippen molar-refractivity contribution >= 4 is 163 Å². The van der Waals surface area contributed by atoms with Crippen molar-refractivity contribution in [1.82, 2.24) is 94.3 Å². The molecule has 0 unspecified atom stereocenters. The van der Waals surface area contributed by atoms with Crippen molar-refractivity contribution in [1.29, 1.82) is 0 Å². The summed E-state index contributed by atoms with van der Waals surface area (Å²) in [4.78, 5) is 309. The molecule has 2 aliphatic heterocycles. The van der Waals surface area contributed by atoms with E-state index in [0.717, 1.165) is 22.7 Å². The number of fused-ring (bicyclic) bond motifs is 3. The van der Waals surface area contributed by atoms with Gasteiger partial charge in [0, 0.05) is 103 Å². The van der Waals surface area contributed by atoms with Crippen LogP contribution in [0.1, 0.15) is 115 Å². The second-order valence-corrected chi connectivity index (χ2v) is 31.4. The maximum absolute atomic E-state index is 15.4. The quantitative estimate of drug-likeness (QED) is 0.0169. The molecule has 3 aromatic heterocycles. The highest BCUT2D eigenvalue weighted by Gasteiger charge is 2.43. The van der Waals surface area contributed by atoms with Crippen LogP contribution in [0.5, 0.6) is 0 Å². The van der Waals surface area contributed by atoms with Crippen molar-refractivity contribution in [3.63, 3.8) is 0 Å². The number of carbonyl (C=O) groups is 22. The summed E-state index contributed by atoms with van der Waals surface area (Å²) in [7, 11) is 0. The highest BCUT2D eigenvalue weighted by atomic mass is 16.4. The molecule has 2 aliphatic rings. The molecule has 28 N–H and O–H groups in total. The topological polar surface area (TPSA) is 774 Å². The zero-order valence-electron chi connectivity index (χ0n) is 70.4. The molecule has 17 amide bonds. The molecule has 0 saturated carbocycles. The average molecular weight is 1810 g/mol. The smallest absolute Gasteiger partial charge is 0.305 e. The number of likely N-dealkylation sites (tertiary alicyclic amines) is 1. The Bertz CT molecular complexity index is 5310. The summed E-state index contributed by atoms with van der Waals surface area (Å²) < 4.78 is 0. The molecular weight excluding hydrogens is 1710 g/mol. The van der Waals surface area contributed by atoms with E-state index in [2.05, 4.69) is 89.4 Å². The zero-order valence-corrected chi connectivity index (χ0v) is 70.4. The Kier molecular flexibility index (Phi) is 35.9. The lowest BCUT2D eigenvalue weighted by atomic mass is 10.00. The number of hydrogen-bond donors (Lipinski definition) is 25. The standard InChI is InChI=1S/C82H103N21O27/c1-37(2)68(81(129)97-52(69(85)117)25-39-32-86-46-14-7-4-11-42(39)46)102-74(122)50(19-22-64(109)110)94-70(118)38(3)91-75(123)55(29-60(84)104)93-62(106)36-90-80(128)59-17-10-24-103(59)82(130)51(20-23-65(111)112)96-76(124)53(26-40-33-87-47-15-8-5-12-43(40)47)99-79(127)58-35-89-72(120)56(100-73(121)49(18-21-63(107)108)95-71(119)45(83)28-66(113)114)30-61(105)92-57(31-67(115)116)78(126)98-54(77(125)101-58)27-41-34-88-48-16-9-6-13-44(41)48/h4-9,11-16,32-34,37-38,45,49-59,68,86-88H,10,17-31,35-36,83H2,1-3H3,(H2,84,104)(H2,85,117)(H,89,120)(H,90,128)(H,91,123)(H,92,105)(H,93,106)(H,94,118)(H,95,119)(H,96,124)(H,97,129)(H,98,126)(H,99,127)(H,100,121)(H,101,125)(H,102,122)(H,107,108)(H,109,110)(H,111,112)(H,113,114)(H,115,116)/t38-,45-,49-,50-,51-,52-,53-,54-,55-,56-,57-,58-,59-,68-/m0/s1. The second-order valence-electron chi connectivity index (χ2n) is 31.4. The predicted molar refractivity (Wildman–Crippen MR) is 451 cm³/mol. The van der Waals surface area contributed by atoms with Crippen molar-refractivity contribution in [2.24, 2.45) is 23.1 Å². The first-order valence-corrected chi connectivity index (χ1v) is 41.1. The second kappa shape index (κ2) is 46.7. The molecule has 14 atom stereocenters. The summed E-state index contributed by atoms with van der Waals surface area (Å²) in [5, 5.41) is 82.9.